The van der Waals surface area contributed by atoms with Crippen LogP contribution < -0.4 is 11.3 Å². The average Bonchev–Trinajstić information content (AvgIpc) is 2.49. The van der Waals surface area contributed by atoms with E-state index < -0.39 is 10.0 Å². The Morgan fingerprint density at radius 2 is 1.95 bits per heavy atom. The van der Waals surface area contributed by atoms with Gasteiger partial charge in [0.2, 0.25) is 10.0 Å². The van der Waals surface area contributed by atoms with Gasteiger partial charge in [-0.1, -0.05) is 23.7 Å². The van der Waals surface area contributed by atoms with Crippen LogP contribution in [0.2, 0.25) is 5.02 Å². The normalized spacial score (nSPS) is 11.6. The molecule has 0 unspecified atom stereocenters. The molecule has 0 amide bonds. The fraction of sp³-hybridized carbons (Fsp3) is 0.154. The molecule has 0 fully saturated rings. The van der Waals surface area contributed by atoms with Gasteiger partial charge in [-0.25, -0.2) is 19.2 Å². The van der Waals surface area contributed by atoms with Gasteiger partial charge in [-0.15, -0.1) is 0 Å². The summed E-state index contributed by atoms with van der Waals surface area (Å²) in [6, 6.07) is 9.99. The molecule has 1 aromatic carbocycles. The summed E-state index contributed by atoms with van der Waals surface area (Å²) in [6.07, 6.45) is 1.47. The van der Waals surface area contributed by atoms with Gasteiger partial charge in [-0.05, 0) is 29.8 Å². The average molecular weight is 327 g/mol. The van der Waals surface area contributed by atoms with Gasteiger partial charge in [-0.3, -0.25) is 0 Å². The van der Waals surface area contributed by atoms with Crippen molar-refractivity contribution in [3.63, 3.8) is 0 Å². The minimum Gasteiger partial charge on any atom is -0.307 e. The summed E-state index contributed by atoms with van der Waals surface area (Å²) in [5.41, 5.74) is 3.12. The second kappa shape index (κ2) is 6.40. The highest BCUT2D eigenvalue weighted by Gasteiger charge is 2.24. The number of benzene rings is 1. The molecule has 0 aliphatic heterocycles. The summed E-state index contributed by atoms with van der Waals surface area (Å²) < 4.78 is 26.3. The number of hydrogen-bond donors (Lipinski definition) is 2. The van der Waals surface area contributed by atoms with Gasteiger partial charge < -0.3 is 5.43 Å². The summed E-state index contributed by atoms with van der Waals surface area (Å²) in [7, 11) is -2.20. The zero-order valence-corrected chi connectivity index (χ0v) is 12.9. The molecule has 0 bridgehead atoms. The predicted molar refractivity (Wildman–Crippen MR) is 82.2 cm³/mol. The van der Waals surface area contributed by atoms with Crippen LogP contribution in [-0.4, -0.2) is 24.8 Å². The third-order valence-corrected chi connectivity index (χ3v) is 5.00. The molecule has 0 aliphatic rings. The lowest BCUT2D eigenvalue weighted by atomic mass is 10.2. The molecule has 1 heterocycles. The maximum atomic E-state index is 12.5. The van der Waals surface area contributed by atoms with Crippen molar-refractivity contribution in [2.45, 2.75) is 11.4 Å². The molecular weight excluding hydrogens is 312 g/mol. The van der Waals surface area contributed by atoms with Crippen LogP contribution in [0.15, 0.2) is 47.5 Å². The molecule has 6 nitrogen and oxygen atoms in total. The fourth-order valence-corrected chi connectivity index (χ4v) is 3.19. The first-order valence-corrected chi connectivity index (χ1v) is 7.89. The number of anilines is 1. The van der Waals surface area contributed by atoms with E-state index in [0.717, 1.165) is 5.56 Å². The lowest BCUT2D eigenvalue weighted by Crippen LogP contribution is -2.28. The quantitative estimate of drug-likeness (QED) is 0.646. The second-order valence-corrected chi connectivity index (χ2v) is 6.83. The second-order valence-electron chi connectivity index (χ2n) is 4.38. The van der Waals surface area contributed by atoms with Crippen molar-refractivity contribution in [1.82, 2.24) is 9.29 Å². The minimum atomic E-state index is -3.69. The van der Waals surface area contributed by atoms with Crippen molar-refractivity contribution in [2.24, 2.45) is 5.84 Å². The summed E-state index contributed by atoms with van der Waals surface area (Å²) in [4.78, 5) is 3.94. The summed E-state index contributed by atoms with van der Waals surface area (Å²) in [5.74, 6) is 5.42. The van der Waals surface area contributed by atoms with Crippen LogP contribution in [0.1, 0.15) is 5.56 Å². The van der Waals surface area contributed by atoms with Crippen LogP contribution in [0.5, 0.6) is 0 Å². The first-order chi connectivity index (χ1) is 9.95. The van der Waals surface area contributed by atoms with Crippen LogP contribution >= 0.6 is 11.6 Å². The van der Waals surface area contributed by atoms with Gasteiger partial charge in [-0.2, -0.15) is 4.31 Å². The number of sulfonamides is 1. The van der Waals surface area contributed by atoms with E-state index in [1.807, 2.05) is 0 Å². The summed E-state index contributed by atoms with van der Waals surface area (Å²) in [6.45, 7) is 0.221. The maximum absolute atomic E-state index is 12.5. The number of hydrazine groups is 1. The molecule has 21 heavy (non-hydrogen) atoms. The van der Waals surface area contributed by atoms with Crippen molar-refractivity contribution >= 4 is 27.4 Å². The Bertz CT molecular complexity index is 719. The van der Waals surface area contributed by atoms with E-state index >= 15 is 0 Å². The number of hydrogen-bond acceptors (Lipinski definition) is 5. The largest absolute Gasteiger partial charge is 0.307 e. The molecule has 2 aromatic rings. The van der Waals surface area contributed by atoms with Crippen LogP contribution in [0.3, 0.4) is 0 Å². The van der Waals surface area contributed by atoms with Crippen LogP contribution in [0.25, 0.3) is 0 Å². The number of pyridine rings is 1. The minimum absolute atomic E-state index is 0.0314. The molecule has 0 saturated heterocycles. The Morgan fingerprint density at radius 3 is 2.57 bits per heavy atom. The molecule has 112 valence electrons. The van der Waals surface area contributed by atoms with E-state index in [1.54, 1.807) is 30.3 Å². The topological polar surface area (TPSA) is 88.3 Å². The van der Waals surface area contributed by atoms with Crippen molar-refractivity contribution in [1.29, 1.82) is 0 Å². The molecule has 0 aliphatic carbocycles. The summed E-state index contributed by atoms with van der Waals surface area (Å²) >= 11 is 5.81. The van der Waals surface area contributed by atoms with E-state index in [-0.39, 0.29) is 17.3 Å². The van der Waals surface area contributed by atoms with Crippen LogP contribution in [0.4, 0.5) is 5.82 Å². The highest BCUT2D eigenvalue weighted by Crippen LogP contribution is 2.22. The third-order valence-electron chi connectivity index (χ3n) is 2.91. The molecule has 0 atom stereocenters. The molecule has 3 N–H and O–H groups in total. The van der Waals surface area contributed by atoms with Crippen LogP contribution in [-0.2, 0) is 16.6 Å². The lowest BCUT2D eigenvalue weighted by molar-refractivity contribution is 0.467. The van der Waals surface area contributed by atoms with Gasteiger partial charge >= 0.3 is 0 Å². The first kappa shape index (κ1) is 15.7. The number of aromatic nitrogens is 1. The Morgan fingerprint density at radius 1 is 1.29 bits per heavy atom. The van der Waals surface area contributed by atoms with E-state index in [9.17, 15) is 8.42 Å². The predicted octanol–water partition coefficient (Wildman–Crippen LogP) is 1.84. The van der Waals surface area contributed by atoms with Crippen LogP contribution in [0, 0.1) is 0 Å². The highest BCUT2D eigenvalue weighted by molar-refractivity contribution is 7.89. The first-order valence-electron chi connectivity index (χ1n) is 6.07. The number of halogens is 1. The third kappa shape index (κ3) is 3.51. The van der Waals surface area contributed by atoms with Gasteiger partial charge in [0.15, 0.2) is 5.82 Å². The smallest absolute Gasteiger partial charge is 0.246 e. The monoisotopic (exact) mass is 326 g/mol. The highest BCUT2D eigenvalue weighted by atomic mass is 35.5. The molecule has 8 heteroatoms. The van der Waals surface area contributed by atoms with Crippen molar-refractivity contribution in [2.75, 3.05) is 12.5 Å². The van der Waals surface area contributed by atoms with Gasteiger partial charge in [0.05, 0.1) is 0 Å². The van der Waals surface area contributed by atoms with Gasteiger partial charge in [0.25, 0.3) is 0 Å². The molecule has 1 aromatic heterocycles. The van der Waals surface area contributed by atoms with E-state index in [1.165, 1.54) is 23.6 Å². The van der Waals surface area contributed by atoms with Crippen molar-refractivity contribution in [3.8, 4) is 0 Å². The SMILES string of the molecule is CN(Cc1ccc(Cl)cc1)S(=O)(=O)c1cccnc1NN. The van der Waals surface area contributed by atoms with Crippen molar-refractivity contribution in [3.05, 3.63) is 53.2 Å². The Labute approximate surface area is 128 Å². The molecule has 2 rings (SSSR count). The number of nitrogens with two attached hydrogens (primary N) is 1. The van der Waals surface area contributed by atoms with Gasteiger partial charge in [0, 0.05) is 24.8 Å². The number of rotatable bonds is 5. The van der Waals surface area contributed by atoms with E-state index in [4.69, 9.17) is 17.4 Å². The number of nitrogen functional groups attached to an aromatic ring is 1. The van der Waals surface area contributed by atoms with Gasteiger partial charge in [0.1, 0.15) is 4.90 Å². The molecular formula is C13H15ClN4O2S. The standard InChI is InChI=1S/C13H15ClN4O2S/c1-18(9-10-4-6-11(14)7-5-10)21(19,20)12-3-2-8-16-13(12)17-15/h2-8H,9,15H2,1H3,(H,16,17). The summed E-state index contributed by atoms with van der Waals surface area (Å²) in [5, 5.41) is 0.603. The molecule has 0 spiro atoms. The van der Waals surface area contributed by atoms with E-state index in [0.29, 0.717) is 5.02 Å². The Balaban J connectivity index is 2.28. The zero-order chi connectivity index (χ0) is 15.5. The lowest BCUT2D eigenvalue weighted by Gasteiger charge is -2.18. The Kier molecular flexibility index (Phi) is 4.79. The zero-order valence-electron chi connectivity index (χ0n) is 11.3. The van der Waals surface area contributed by atoms with Crippen molar-refractivity contribution < 1.29 is 8.42 Å². The fourth-order valence-electron chi connectivity index (χ4n) is 1.81. The maximum Gasteiger partial charge on any atom is 0.246 e. The molecule has 0 radical (unpaired) electrons. The number of nitrogens with one attached hydrogen (secondary N) is 1. The Hall–Kier alpha value is -1.67. The molecule has 0 saturated carbocycles. The number of nitrogens with zero attached hydrogens (tertiary/aromatic N) is 2. The van der Waals surface area contributed by atoms with E-state index in [2.05, 4.69) is 10.4 Å².